The number of nitro benzene ring substituents is 1. The van der Waals surface area contributed by atoms with Gasteiger partial charge in [-0.3, -0.25) is 19.5 Å². The van der Waals surface area contributed by atoms with E-state index in [-0.39, 0.29) is 34.7 Å². The van der Waals surface area contributed by atoms with Crippen LogP contribution in [0.3, 0.4) is 0 Å². The number of nitrogens with zero attached hydrogens (tertiary/aromatic N) is 5. The number of amides is 1. The first-order valence-corrected chi connectivity index (χ1v) is 11.4. The lowest BCUT2D eigenvalue weighted by Gasteiger charge is -2.27. The summed E-state index contributed by atoms with van der Waals surface area (Å²) in [5.41, 5.74) is 0.498. The van der Waals surface area contributed by atoms with Gasteiger partial charge in [0.15, 0.2) is 0 Å². The Balaban J connectivity index is 1.45. The second-order valence-corrected chi connectivity index (χ2v) is 9.18. The van der Waals surface area contributed by atoms with E-state index >= 15 is 0 Å². The summed E-state index contributed by atoms with van der Waals surface area (Å²) in [6.45, 7) is 0.227. The van der Waals surface area contributed by atoms with Crippen molar-refractivity contribution in [3.63, 3.8) is 0 Å². The Morgan fingerprint density at radius 2 is 1.92 bits per heavy atom. The van der Waals surface area contributed by atoms with E-state index in [0.29, 0.717) is 34.1 Å². The number of likely N-dealkylation sites (tertiary alicyclic amines) is 1. The number of halogens is 1. The van der Waals surface area contributed by atoms with Crippen molar-refractivity contribution in [2.24, 2.45) is 0 Å². The molecule has 3 aromatic carbocycles. The molecule has 3 heterocycles. The summed E-state index contributed by atoms with van der Waals surface area (Å²) in [5, 5.41) is 33.2. The lowest BCUT2D eigenvalue weighted by molar-refractivity contribution is -0.384. The minimum absolute atomic E-state index is 0.0716. The highest BCUT2D eigenvalue weighted by Crippen LogP contribution is 2.49. The minimum atomic E-state index is -0.652. The molecule has 1 saturated heterocycles. The van der Waals surface area contributed by atoms with Gasteiger partial charge >= 0.3 is 5.69 Å². The average molecular weight is 502 g/mol. The van der Waals surface area contributed by atoms with Crippen LogP contribution in [0, 0.1) is 21.4 Å². The van der Waals surface area contributed by atoms with Crippen molar-refractivity contribution in [1.29, 1.82) is 5.26 Å². The van der Waals surface area contributed by atoms with Crippen molar-refractivity contribution in [3.05, 3.63) is 97.0 Å². The smallest absolute Gasteiger partial charge is 0.336 e. The van der Waals surface area contributed by atoms with Crippen LogP contribution in [-0.2, 0) is 0 Å². The van der Waals surface area contributed by atoms with Crippen molar-refractivity contribution in [2.75, 3.05) is 6.54 Å². The molecule has 1 amide bonds. The number of carbonyl (C=O) groups excluding carboxylic acids is 1. The fourth-order valence-electron chi connectivity index (χ4n) is 5.41. The molecule has 2 aliphatic heterocycles. The maximum absolute atomic E-state index is 13.5. The fraction of sp³-hybridized carbons (Fsp3) is 0.160. The minimum Gasteiger partial charge on any atom is -0.493 e. The summed E-state index contributed by atoms with van der Waals surface area (Å²) in [6, 6.07) is 15.4. The van der Waals surface area contributed by atoms with Crippen LogP contribution in [0.25, 0.3) is 16.5 Å². The summed E-state index contributed by atoms with van der Waals surface area (Å²) in [6.07, 6.45) is 0.453. The van der Waals surface area contributed by atoms with Crippen molar-refractivity contribution in [3.8, 4) is 17.6 Å². The molecule has 0 aliphatic carbocycles. The number of benzene rings is 3. The van der Waals surface area contributed by atoms with Crippen LogP contribution < -0.4 is 5.69 Å². The molecule has 0 unspecified atom stereocenters. The Morgan fingerprint density at radius 1 is 1.17 bits per heavy atom. The molecule has 0 saturated carbocycles. The molecule has 2 aliphatic rings. The molecule has 1 fully saturated rings. The molecular formula is C25H16ClN5O5. The number of nitro groups is 1. The highest BCUT2D eigenvalue weighted by atomic mass is 35.5. The molecular weight excluding hydrogens is 486 g/mol. The number of aromatic hydroxyl groups is 1. The van der Waals surface area contributed by atoms with Gasteiger partial charge in [0.2, 0.25) is 5.88 Å². The molecule has 178 valence electrons. The molecule has 0 spiro atoms. The van der Waals surface area contributed by atoms with E-state index in [9.17, 15) is 30.1 Å². The van der Waals surface area contributed by atoms with Gasteiger partial charge in [-0.25, -0.2) is 9.36 Å². The standard InChI is InChI=1S/C25H16ClN5O5/c26-18-7-5-13(9-20(18)31(35)36)23(32)28-12-15-10-21(28)22-24(33)30(25(34)29(15)22)19-8-6-14(11-27)16-3-1-2-4-17(16)19/h1-9,15,21,33H,10,12H2/t15-,21-/m0/s1. The Labute approximate surface area is 207 Å². The average Bonchev–Trinajstić information content (AvgIpc) is 3.54. The number of nitriles is 1. The molecule has 6 rings (SSSR count). The zero-order valence-electron chi connectivity index (χ0n) is 18.5. The highest BCUT2D eigenvalue weighted by Gasteiger charge is 2.49. The number of hydrogen-bond donors (Lipinski definition) is 1. The molecule has 1 aromatic heterocycles. The topological polar surface area (TPSA) is 134 Å². The normalized spacial score (nSPS) is 17.8. The Hall–Kier alpha value is -4.62. The number of aromatic nitrogens is 2. The Kier molecular flexibility index (Phi) is 4.68. The van der Waals surface area contributed by atoms with Gasteiger partial charge in [0, 0.05) is 28.9 Å². The molecule has 1 N–H and O–H groups in total. The van der Waals surface area contributed by atoms with Crippen LogP contribution in [0.5, 0.6) is 5.88 Å². The maximum atomic E-state index is 13.5. The predicted octanol–water partition coefficient (Wildman–Crippen LogP) is 4.07. The third-order valence-electron chi connectivity index (χ3n) is 6.97. The second-order valence-electron chi connectivity index (χ2n) is 8.77. The SMILES string of the molecule is N#Cc1ccc(-n2c(O)c3n(c2=O)[C@H]2C[C@@H]3N(C(=O)c3ccc(Cl)c([N+](=O)[O-])c3)C2)c2ccccc12. The molecule has 2 bridgehead atoms. The maximum Gasteiger partial charge on any atom is 0.336 e. The van der Waals surface area contributed by atoms with Gasteiger partial charge in [0.25, 0.3) is 11.6 Å². The Bertz CT molecular complexity index is 1730. The summed E-state index contributed by atoms with van der Waals surface area (Å²) in [4.78, 5) is 38.9. The van der Waals surface area contributed by atoms with Crippen molar-refractivity contribution in [1.82, 2.24) is 14.0 Å². The van der Waals surface area contributed by atoms with Gasteiger partial charge < -0.3 is 10.0 Å². The third-order valence-corrected chi connectivity index (χ3v) is 7.29. The first-order valence-electron chi connectivity index (χ1n) is 11.0. The lowest BCUT2D eigenvalue weighted by atomic mass is 10.0. The first-order chi connectivity index (χ1) is 17.3. The van der Waals surface area contributed by atoms with Crippen LogP contribution in [0.15, 0.2) is 59.4 Å². The summed E-state index contributed by atoms with van der Waals surface area (Å²) < 4.78 is 2.72. The molecule has 2 atom stereocenters. The van der Waals surface area contributed by atoms with Crippen LogP contribution in [-0.4, -0.2) is 36.5 Å². The number of rotatable bonds is 3. The van der Waals surface area contributed by atoms with E-state index in [1.165, 1.54) is 26.2 Å². The van der Waals surface area contributed by atoms with Crippen LogP contribution in [0.4, 0.5) is 5.69 Å². The van der Waals surface area contributed by atoms with E-state index in [1.54, 1.807) is 36.4 Å². The summed E-state index contributed by atoms with van der Waals surface area (Å²) in [5.74, 6) is -0.723. The zero-order chi connectivity index (χ0) is 25.3. The second kappa shape index (κ2) is 7.69. The lowest BCUT2D eigenvalue weighted by Crippen LogP contribution is -2.37. The number of fused-ring (bicyclic) bond motifs is 6. The fourth-order valence-corrected chi connectivity index (χ4v) is 5.60. The largest absolute Gasteiger partial charge is 0.493 e. The van der Waals surface area contributed by atoms with Gasteiger partial charge in [-0.05, 0) is 30.7 Å². The highest BCUT2D eigenvalue weighted by molar-refractivity contribution is 6.32. The van der Waals surface area contributed by atoms with Crippen LogP contribution >= 0.6 is 11.6 Å². The molecule has 4 aromatic rings. The van der Waals surface area contributed by atoms with E-state index in [2.05, 4.69) is 6.07 Å². The van der Waals surface area contributed by atoms with Crippen LogP contribution in [0.2, 0.25) is 5.02 Å². The van der Waals surface area contributed by atoms with E-state index in [0.717, 1.165) is 6.07 Å². The zero-order valence-corrected chi connectivity index (χ0v) is 19.2. The monoisotopic (exact) mass is 501 g/mol. The van der Waals surface area contributed by atoms with E-state index < -0.39 is 22.6 Å². The van der Waals surface area contributed by atoms with Gasteiger partial charge in [0.05, 0.1) is 34.3 Å². The molecule has 10 nitrogen and oxygen atoms in total. The van der Waals surface area contributed by atoms with Gasteiger partial charge in [-0.2, -0.15) is 5.26 Å². The van der Waals surface area contributed by atoms with Gasteiger partial charge in [-0.15, -0.1) is 0 Å². The number of imidazole rings is 1. The van der Waals surface area contributed by atoms with Crippen molar-refractivity contribution >= 4 is 34.0 Å². The molecule has 0 radical (unpaired) electrons. The van der Waals surface area contributed by atoms with E-state index in [1.807, 2.05) is 0 Å². The summed E-state index contributed by atoms with van der Waals surface area (Å²) >= 11 is 5.89. The Morgan fingerprint density at radius 3 is 2.64 bits per heavy atom. The first kappa shape index (κ1) is 21.9. The summed E-state index contributed by atoms with van der Waals surface area (Å²) in [7, 11) is 0. The predicted molar refractivity (Wildman–Crippen MR) is 129 cm³/mol. The number of carbonyl (C=O) groups is 1. The van der Waals surface area contributed by atoms with Crippen molar-refractivity contribution in [2.45, 2.75) is 18.5 Å². The quantitative estimate of drug-likeness (QED) is 0.332. The van der Waals surface area contributed by atoms with Gasteiger partial charge in [-0.1, -0.05) is 35.9 Å². The van der Waals surface area contributed by atoms with E-state index in [4.69, 9.17) is 11.6 Å². The number of hydrogen-bond acceptors (Lipinski definition) is 6. The van der Waals surface area contributed by atoms with Crippen molar-refractivity contribution < 1.29 is 14.8 Å². The van der Waals surface area contributed by atoms with Gasteiger partial charge in [0.1, 0.15) is 10.7 Å². The molecule has 11 heteroatoms. The van der Waals surface area contributed by atoms with Crippen LogP contribution in [0.1, 0.15) is 40.1 Å². The molecule has 36 heavy (non-hydrogen) atoms. The third kappa shape index (κ3) is 2.90.